The highest BCUT2D eigenvalue weighted by atomic mass is 16.5. The second-order valence-corrected chi connectivity index (χ2v) is 2.04. The molecule has 2 aromatic rings. The molecule has 2 rings (SSSR count). The molecular weight excluding hydrogens is 140 g/mol. The Morgan fingerprint density at radius 2 is 2.45 bits per heavy atom. The van der Waals surface area contributed by atoms with E-state index in [4.69, 9.17) is 4.52 Å². The topological polar surface area (TPSA) is 38.9 Å². The van der Waals surface area contributed by atoms with Crippen LogP contribution >= 0.6 is 0 Å². The summed E-state index contributed by atoms with van der Waals surface area (Å²) in [6.45, 7) is 0. The maximum Gasteiger partial charge on any atom is 0.257 e. The first kappa shape index (κ1) is 6.09. The van der Waals surface area contributed by atoms with Gasteiger partial charge in [0.1, 0.15) is 0 Å². The van der Waals surface area contributed by atoms with Gasteiger partial charge in [-0.2, -0.15) is 4.98 Å². The van der Waals surface area contributed by atoms with E-state index in [-0.39, 0.29) is 0 Å². The average Bonchev–Trinajstić information content (AvgIpc) is 2.58. The van der Waals surface area contributed by atoms with Crippen LogP contribution in [-0.2, 0) is 0 Å². The lowest BCUT2D eigenvalue weighted by molar-refractivity contribution is 0.430. The number of aromatic nitrogens is 2. The predicted octanol–water partition coefficient (Wildman–Crippen LogP) is 1.54. The summed E-state index contributed by atoms with van der Waals surface area (Å²) in [7, 11) is 0. The van der Waals surface area contributed by atoms with Gasteiger partial charge in [0.2, 0.25) is 0 Å². The Kier molecular flexibility index (Phi) is 1.41. The first-order chi connectivity index (χ1) is 5.47. The van der Waals surface area contributed by atoms with E-state index in [1.54, 1.807) is 6.07 Å². The van der Waals surface area contributed by atoms with Crippen molar-refractivity contribution in [1.29, 1.82) is 0 Å². The van der Waals surface area contributed by atoms with Crippen molar-refractivity contribution >= 4 is 0 Å². The van der Waals surface area contributed by atoms with Crippen LogP contribution in [0.1, 0.15) is 0 Å². The van der Waals surface area contributed by atoms with Crippen molar-refractivity contribution in [2.75, 3.05) is 0 Å². The van der Waals surface area contributed by atoms with Crippen molar-refractivity contribution < 1.29 is 4.52 Å². The van der Waals surface area contributed by atoms with Gasteiger partial charge in [-0.3, -0.25) is 0 Å². The maximum absolute atomic E-state index is 4.84. The van der Waals surface area contributed by atoms with E-state index >= 15 is 0 Å². The molecule has 1 aromatic heterocycles. The van der Waals surface area contributed by atoms with E-state index in [2.05, 4.69) is 16.2 Å². The van der Waals surface area contributed by atoms with Crippen LogP contribution in [0.5, 0.6) is 0 Å². The van der Waals surface area contributed by atoms with Crippen molar-refractivity contribution in [2.24, 2.45) is 0 Å². The number of hydrogen-bond donors (Lipinski definition) is 0. The van der Waals surface area contributed by atoms with Gasteiger partial charge in [0.15, 0.2) is 6.33 Å². The van der Waals surface area contributed by atoms with Crippen molar-refractivity contribution in [3.63, 3.8) is 0 Å². The zero-order valence-corrected chi connectivity index (χ0v) is 5.69. The molecule has 1 radical (unpaired) electrons. The summed E-state index contributed by atoms with van der Waals surface area (Å²) in [5, 5.41) is 3.50. The standard InChI is InChI=1S/C8H5N2O/c1-2-4-7(5-3-1)8-9-6-10-11-8/h1-2,4-6H. The molecule has 0 saturated heterocycles. The van der Waals surface area contributed by atoms with Gasteiger partial charge in [-0.15, -0.1) is 0 Å². The van der Waals surface area contributed by atoms with Crippen LogP contribution < -0.4 is 0 Å². The second-order valence-electron chi connectivity index (χ2n) is 2.04. The van der Waals surface area contributed by atoms with Gasteiger partial charge in [-0.1, -0.05) is 17.3 Å². The lowest BCUT2D eigenvalue weighted by Gasteiger charge is -1.88. The third-order valence-electron chi connectivity index (χ3n) is 1.32. The molecule has 0 atom stereocenters. The Bertz CT molecular complexity index is 315. The van der Waals surface area contributed by atoms with Crippen LogP contribution in [0.15, 0.2) is 35.1 Å². The minimum atomic E-state index is 0.529. The first-order valence-corrected chi connectivity index (χ1v) is 3.20. The highest BCUT2D eigenvalue weighted by Crippen LogP contribution is 2.13. The van der Waals surface area contributed by atoms with Crippen LogP contribution in [0.2, 0.25) is 0 Å². The molecule has 53 valence electrons. The Morgan fingerprint density at radius 1 is 1.45 bits per heavy atom. The molecule has 11 heavy (non-hydrogen) atoms. The largest absolute Gasteiger partial charge is 0.334 e. The summed E-state index contributed by atoms with van der Waals surface area (Å²) in [5.41, 5.74) is 0.894. The molecule has 3 nitrogen and oxygen atoms in total. The fourth-order valence-electron chi connectivity index (χ4n) is 0.827. The molecule has 0 N–H and O–H groups in total. The molecule has 3 heteroatoms. The second kappa shape index (κ2) is 2.54. The molecule has 1 aromatic carbocycles. The first-order valence-electron chi connectivity index (χ1n) is 3.20. The Hall–Kier alpha value is -1.64. The van der Waals surface area contributed by atoms with Crippen LogP contribution in [0.4, 0.5) is 0 Å². The van der Waals surface area contributed by atoms with Gasteiger partial charge >= 0.3 is 0 Å². The SMILES string of the molecule is [c]1cccc(-c2ncno2)c1. The minimum absolute atomic E-state index is 0.529. The van der Waals surface area contributed by atoms with Crippen LogP contribution in [0, 0.1) is 6.07 Å². The molecule has 0 fully saturated rings. The highest BCUT2D eigenvalue weighted by molar-refractivity contribution is 5.51. The van der Waals surface area contributed by atoms with Crippen LogP contribution in [-0.4, -0.2) is 10.1 Å². The van der Waals surface area contributed by atoms with Gasteiger partial charge < -0.3 is 4.52 Å². The van der Waals surface area contributed by atoms with Gasteiger partial charge in [0.05, 0.1) is 0 Å². The van der Waals surface area contributed by atoms with Crippen molar-refractivity contribution in [2.45, 2.75) is 0 Å². The maximum atomic E-state index is 4.84. The summed E-state index contributed by atoms with van der Waals surface area (Å²) in [4.78, 5) is 3.89. The van der Waals surface area contributed by atoms with Crippen molar-refractivity contribution in [1.82, 2.24) is 10.1 Å². The van der Waals surface area contributed by atoms with Gasteiger partial charge in [0.25, 0.3) is 5.89 Å². The number of benzene rings is 1. The van der Waals surface area contributed by atoms with E-state index < -0.39 is 0 Å². The number of hydrogen-bond acceptors (Lipinski definition) is 3. The molecule has 0 spiro atoms. The fourth-order valence-corrected chi connectivity index (χ4v) is 0.827. The van der Waals surface area contributed by atoms with E-state index in [0.717, 1.165) is 5.56 Å². The molecule has 0 aliphatic heterocycles. The van der Waals surface area contributed by atoms with Gasteiger partial charge in [-0.25, -0.2) is 0 Å². The van der Waals surface area contributed by atoms with Gasteiger partial charge in [-0.05, 0) is 18.2 Å². The van der Waals surface area contributed by atoms with Crippen LogP contribution in [0.3, 0.4) is 0 Å². The van der Waals surface area contributed by atoms with Crippen molar-refractivity contribution in [3.05, 3.63) is 36.7 Å². The summed E-state index contributed by atoms with van der Waals surface area (Å²) in [6.07, 6.45) is 1.38. The molecule has 0 aliphatic rings. The Labute approximate surface area is 63.7 Å². The molecule has 0 saturated carbocycles. The summed E-state index contributed by atoms with van der Waals surface area (Å²) >= 11 is 0. The van der Waals surface area contributed by atoms with E-state index in [1.807, 2.05) is 18.2 Å². The number of nitrogens with zero attached hydrogens (tertiary/aromatic N) is 2. The Balaban J connectivity index is 2.46. The van der Waals surface area contributed by atoms with E-state index in [1.165, 1.54) is 6.33 Å². The van der Waals surface area contributed by atoms with E-state index in [0.29, 0.717) is 5.89 Å². The number of rotatable bonds is 1. The minimum Gasteiger partial charge on any atom is -0.334 e. The van der Waals surface area contributed by atoms with Gasteiger partial charge in [0, 0.05) is 5.56 Å². The summed E-state index contributed by atoms with van der Waals surface area (Å²) < 4.78 is 4.84. The van der Waals surface area contributed by atoms with E-state index in [9.17, 15) is 0 Å². The monoisotopic (exact) mass is 145 g/mol. The third-order valence-corrected chi connectivity index (χ3v) is 1.32. The predicted molar refractivity (Wildman–Crippen MR) is 38.6 cm³/mol. The smallest absolute Gasteiger partial charge is 0.257 e. The normalized spacial score (nSPS) is 9.82. The molecule has 0 bridgehead atoms. The summed E-state index contributed by atoms with van der Waals surface area (Å²) in [6, 6.07) is 10.3. The molecule has 0 aliphatic carbocycles. The third kappa shape index (κ3) is 1.12. The zero-order valence-electron chi connectivity index (χ0n) is 5.69. The van der Waals surface area contributed by atoms with Crippen molar-refractivity contribution in [3.8, 4) is 11.5 Å². The zero-order chi connectivity index (χ0) is 7.52. The molecular formula is C8H5N2O. The lowest BCUT2D eigenvalue weighted by Crippen LogP contribution is -1.73. The molecule has 1 heterocycles. The van der Waals surface area contributed by atoms with Crippen LogP contribution in [0.25, 0.3) is 11.5 Å². The summed E-state index contributed by atoms with van der Waals surface area (Å²) in [5.74, 6) is 0.529. The molecule has 0 unspecified atom stereocenters. The average molecular weight is 145 g/mol. The fraction of sp³-hybridized carbons (Fsp3) is 0. The highest BCUT2D eigenvalue weighted by Gasteiger charge is 1.99. The molecule has 0 amide bonds. The Morgan fingerprint density at radius 3 is 3.09 bits per heavy atom. The lowest BCUT2D eigenvalue weighted by atomic mass is 10.2. The quantitative estimate of drug-likeness (QED) is 0.610.